The van der Waals surface area contributed by atoms with Gasteiger partial charge in [0.1, 0.15) is 0 Å². The van der Waals surface area contributed by atoms with Crippen LogP contribution in [0, 0.1) is 5.92 Å². The molecule has 0 spiro atoms. The Kier molecular flexibility index (Phi) is 3.99. The van der Waals surface area contributed by atoms with E-state index in [1.54, 1.807) is 20.2 Å². The summed E-state index contributed by atoms with van der Waals surface area (Å²) in [5.41, 5.74) is 6.18. The topological polar surface area (TPSA) is 75.4 Å². The van der Waals surface area contributed by atoms with Crippen molar-refractivity contribution >= 4 is 11.7 Å². The third-order valence-electron chi connectivity index (χ3n) is 3.54. The van der Waals surface area contributed by atoms with E-state index in [0.29, 0.717) is 24.2 Å². The number of carbonyl (C=O) groups is 1. The lowest BCUT2D eigenvalue weighted by Crippen LogP contribution is -2.40. The fourth-order valence-electron chi connectivity index (χ4n) is 2.17. The Hall–Kier alpha value is -1.69. The van der Waals surface area contributed by atoms with Crippen LogP contribution in [0.2, 0.25) is 0 Å². The van der Waals surface area contributed by atoms with Gasteiger partial charge in [-0.05, 0) is 30.9 Å². The van der Waals surface area contributed by atoms with Gasteiger partial charge in [0, 0.05) is 33.7 Å². The minimum Gasteiger partial charge on any atom is -0.354 e. The van der Waals surface area contributed by atoms with Gasteiger partial charge in [-0.15, -0.1) is 10.2 Å². The number of aromatic nitrogens is 2. The molecule has 0 bridgehead atoms. The third kappa shape index (κ3) is 3.01. The molecular formula is C13H21N5O. The molecule has 1 aromatic rings. The van der Waals surface area contributed by atoms with Gasteiger partial charge in [-0.3, -0.25) is 4.79 Å². The summed E-state index contributed by atoms with van der Waals surface area (Å²) in [6.07, 6.45) is 2.47. The molecule has 0 aromatic carbocycles. The molecule has 0 radical (unpaired) electrons. The molecule has 19 heavy (non-hydrogen) atoms. The maximum Gasteiger partial charge on any atom is 0.273 e. The summed E-state index contributed by atoms with van der Waals surface area (Å²) in [6.45, 7) is 0.612. The Morgan fingerprint density at radius 1 is 1.37 bits per heavy atom. The third-order valence-corrected chi connectivity index (χ3v) is 3.54. The highest BCUT2D eigenvalue weighted by atomic mass is 16.2. The van der Waals surface area contributed by atoms with E-state index in [4.69, 9.17) is 5.73 Å². The van der Waals surface area contributed by atoms with Crippen molar-refractivity contribution in [2.45, 2.75) is 18.9 Å². The molecule has 1 heterocycles. The van der Waals surface area contributed by atoms with Crippen molar-refractivity contribution in [2.24, 2.45) is 11.7 Å². The summed E-state index contributed by atoms with van der Waals surface area (Å²) >= 11 is 0. The zero-order valence-corrected chi connectivity index (χ0v) is 11.7. The van der Waals surface area contributed by atoms with E-state index in [1.807, 2.05) is 13.1 Å². The van der Waals surface area contributed by atoms with Gasteiger partial charge in [-0.2, -0.15) is 0 Å². The molecule has 1 aromatic heterocycles. The second-order valence-corrected chi connectivity index (χ2v) is 5.23. The SMILES string of the molecule is CN(C)C(=O)c1ccc(N(C)C(CN)C2CC2)nn1. The molecule has 2 N–H and O–H groups in total. The molecule has 6 heteroatoms. The van der Waals surface area contributed by atoms with Gasteiger partial charge in [0.25, 0.3) is 5.91 Å². The summed E-state index contributed by atoms with van der Waals surface area (Å²) < 4.78 is 0. The molecule has 0 saturated heterocycles. The van der Waals surface area contributed by atoms with Crippen LogP contribution in [0.15, 0.2) is 12.1 Å². The fraction of sp³-hybridized carbons (Fsp3) is 0.615. The smallest absolute Gasteiger partial charge is 0.273 e. The Morgan fingerprint density at radius 2 is 2.05 bits per heavy atom. The van der Waals surface area contributed by atoms with Crippen LogP contribution in [0.5, 0.6) is 0 Å². The first kappa shape index (κ1) is 13.7. The van der Waals surface area contributed by atoms with Gasteiger partial charge in [0.2, 0.25) is 0 Å². The summed E-state index contributed by atoms with van der Waals surface area (Å²) in [6, 6.07) is 3.85. The zero-order chi connectivity index (χ0) is 14.0. The summed E-state index contributed by atoms with van der Waals surface area (Å²) in [5, 5.41) is 8.13. The Balaban J connectivity index is 2.11. The van der Waals surface area contributed by atoms with Crippen molar-refractivity contribution < 1.29 is 4.79 Å². The molecular weight excluding hydrogens is 242 g/mol. The largest absolute Gasteiger partial charge is 0.354 e. The maximum absolute atomic E-state index is 11.7. The molecule has 1 aliphatic rings. The number of hydrogen-bond donors (Lipinski definition) is 1. The summed E-state index contributed by atoms with van der Waals surface area (Å²) in [5.74, 6) is 1.29. The monoisotopic (exact) mass is 263 g/mol. The second-order valence-electron chi connectivity index (χ2n) is 5.23. The maximum atomic E-state index is 11.7. The van der Waals surface area contributed by atoms with Crippen LogP contribution in [0.1, 0.15) is 23.3 Å². The van der Waals surface area contributed by atoms with Crippen LogP contribution in [0.4, 0.5) is 5.82 Å². The predicted octanol–water partition coefficient (Wildman–Crippen LogP) is 0.352. The summed E-state index contributed by atoms with van der Waals surface area (Å²) in [4.78, 5) is 15.3. The summed E-state index contributed by atoms with van der Waals surface area (Å²) in [7, 11) is 5.37. The molecule has 1 atom stereocenters. The van der Waals surface area contributed by atoms with Crippen molar-refractivity contribution in [3.05, 3.63) is 17.8 Å². The first-order valence-electron chi connectivity index (χ1n) is 6.53. The predicted molar refractivity (Wildman–Crippen MR) is 74.0 cm³/mol. The molecule has 2 rings (SSSR count). The van der Waals surface area contributed by atoms with Crippen LogP contribution >= 0.6 is 0 Å². The normalized spacial score (nSPS) is 16.0. The number of likely N-dealkylation sites (N-methyl/N-ethyl adjacent to an activating group) is 1. The highest BCUT2D eigenvalue weighted by molar-refractivity contribution is 5.91. The minimum atomic E-state index is -0.140. The van der Waals surface area contributed by atoms with Gasteiger partial charge >= 0.3 is 0 Å². The van der Waals surface area contributed by atoms with Crippen molar-refractivity contribution in [3.8, 4) is 0 Å². The average molecular weight is 263 g/mol. The zero-order valence-electron chi connectivity index (χ0n) is 11.7. The van der Waals surface area contributed by atoms with E-state index >= 15 is 0 Å². The van der Waals surface area contributed by atoms with Gasteiger partial charge in [-0.1, -0.05) is 0 Å². The molecule has 1 saturated carbocycles. The standard InChI is InChI=1S/C13H21N5O/c1-17(2)13(19)10-6-7-12(16-15-10)18(3)11(8-14)9-4-5-9/h6-7,9,11H,4-5,8,14H2,1-3H3. The van der Waals surface area contributed by atoms with E-state index in [2.05, 4.69) is 15.1 Å². The van der Waals surface area contributed by atoms with Crippen molar-refractivity contribution in [1.82, 2.24) is 15.1 Å². The Labute approximate surface area is 113 Å². The number of carbonyl (C=O) groups excluding carboxylic acids is 1. The number of anilines is 1. The van der Waals surface area contributed by atoms with Gasteiger partial charge < -0.3 is 15.5 Å². The highest BCUT2D eigenvalue weighted by Gasteiger charge is 2.33. The number of nitrogens with zero attached hydrogens (tertiary/aromatic N) is 4. The van der Waals surface area contributed by atoms with Crippen molar-refractivity contribution in [3.63, 3.8) is 0 Å². The lowest BCUT2D eigenvalue weighted by Gasteiger charge is -2.27. The Morgan fingerprint density at radius 3 is 2.47 bits per heavy atom. The molecule has 1 aliphatic carbocycles. The number of amides is 1. The average Bonchev–Trinajstić information content (AvgIpc) is 3.23. The van der Waals surface area contributed by atoms with E-state index in [-0.39, 0.29) is 5.91 Å². The van der Waals surface area contributed by atoms with Crippen molar-refractivity contribution in [1.29, 1.82) is 0 Å². The highest BCUT2D eigenvalue weighted by Crippen LogP contribution is 2.35. The number of hydrogen-bond acceptors (Lipinski definition) is 5. The minimum absolute atomic E-state index is 0.140. The van der Waals surface area contributed by atoms with Crippen molar-refractivity contribution in [2.75, 3.05) is 32.6 Å². The molecule has 6 nitrogen and oxygen atoms in total. The number of rotatable bonds is 5. The molecule has 1 unspecified atom stereocenters. The van der Waals surface area contributed by atoms with Crippen LogP contribution < -0.4 is 10.6 Å². The first-order chi connectivity index (χ1) is 9.04. The van der Waals surface area contributed by atoms with Gasteiger partial charge in [-0.25, -0.2) is 0 Å². The Bertz CT molecular complexity index is 441. The van der Waals surface area contributed by atoms with Crippen LogP contribution in [-0.2, 0) is 0 Å². The van der Waals surface area contributed by atoms with Gasteiger partial charge in [0.05, 0.1) is 0 Å². The van der Waals surface area contributed by atoms with Crippen LogP contribution in [0.3, 0.4) is 0 Å². The van der Waals surface area contributed by atoms with E-state index in [0.717, 1.165) is 5.82 Å². The second kappa shape index (κ2) is 5.52. The van der Waals surface area contributed by atoms with Gasteiger partial charge in [0.15, 0.2) is 11.5 Å². The van der Waals surface area contributed by atoms with Crippen LogP contribution in [0.25, 0.3) is 0 Å². The fourth-order valence-corrected chi connectivity index (χ4v) is 2.17. The number of nitrogens with two attached hydrogens (primary N) is 1. The van der Waals surface area contributed by atoms with E-state index < -0.39 is 0 Å². The van der Waals surface area contributed by atoms with Crippen LogP contribution in [-0.4, -0.2) is 54.7 Å². The quantitative estimate of drug-likeness (QED) is 0.829. The lowest BCUT2D eigenvalue weighted by molar-refractivity contribution is 0.0821. The molecule has 1 amide bonds. The van der Waals surface area contributed by atoms with E-state index in [1.165, 1.54) is 17.7 Å². The lowest BCUT2D eigenvalue weighted by atomic mass is 10.1. The molecule has 104 valence electrons. The molecule has 0 aliphatic heterocycles. The molecule has 1 fully saturated rings. The van der Waals surface area contributed by atoms with E-state index in [9.17, 15) is 4.79 Å². The first-order valence-corrected chi connectivity index (χ1v) is 6.53.